The highest BCUT2D eigenvalue weighted by Crippen LogP contribution is 2.34. The first kappa shape index (κ1) is 19.6. The minimum Gasteiger partial charge on any atom is -0.366 e. The van der Waals surface area contributed by atoms with Crippen molar-refractivity contribution in [3.63, 3.8) is 0 Å². The third-order valence-electron chi connectivity index (χ3n) is 3.66. The second-order valence-electron chi connectivity index (χ2n) is 5.59. The molecular weight excluding hydrogens is 372 g/mol. The molecule has 2 nitrogen and oxygen atoms in total. The average molecular weight is 389 g/mol. The molecule has 2 rings (SSSR count). The van der Waals surface area contributed by atoms with Crippen LogP contribution in [-0.2, 0) is 12.6 Å². The molecule has 0 fully saturated rings. The summed E-state index contributed by atoms with van der Waals surface area (Å²) >= 11 is 12.5. The molecule has 0 unspecified atom stereocenters. The zero-order valence-corrected chi connectivity index (χ0v) is 15.3. The SMILES string of the molecule is CCN(C)C=Nc1cc(Cl)c(Cc2cccc(C(F)(F)F)c2)cc1Cl. The number of hydrogen-bond donors (Lipinski definition) is 0. The molecule has 0 N–H and O–H groups in total. The van der Waals surface area contributed by atoms with Crippen LogP contribution in [0.25, 0.3) is 0 Å². The van der Waals surface area contributed by atoms with Crippen molar-refractivity contribution in [1.29, 1.82) is 0 Å². The number of nitrogens with zero attached hydrogens (tertiary/aromatic N) is 2. The van der Waals surface area contributed by atoms with Crippen molar-refractivity contribution in [3.05, 3.63) is 63.1 Å². The van der Waals surface area contributed by atoms with Gasteiger partial charge in [0.05, 0.1) is 22.6 Å². The van der Waals surface area contributed by atoms with Gasteiger partial charge < -0.3 is 4.90 Å². The van der Waals surface area contributed by atoms with Gasteiger partial charge in [-0.3, -0.25) is 0 Å². The molecule has 0 amide bonds. The first-order valence-corrected chi connectivity index (χ1v) is 8.34. The van der Waals surface area contributed by atoms with E-state index < -0.39 is 11.7 Å². The van der Waals surface area contributed by atoms with Crippen molar-refractivity contribution in [2.75, 3.05) is 13.6 Å². The van der Waals surface area contributed by atoms with Gasteiger partial charge in [0.15, 0.2) is 0 Å². The minimum absolute atomic E-state index is 0.251. The molecule has 25 heavy (non-hydrogen) atoms. The van der Waals surface area contributed by atoms with Crippen molar-refractivity contribution in [2.45, 2.75) is 19.5 Å². The Hall–Kier alpha value is -1.72. The molecule has 2 aromatic carbocycles. The smallest absolute Gasteiger partial charge is 0.366 e. The summed E-state index contributed by atoms with van der Waals surface area (Å²) in [5.74, 6) is 0. The third-order valence-corrected chi connectivity index (χ3v) is 4.31. The Kier molecular flexibility index (Phi) is 6.36. The maximum atomic E-state index is 12.8. The molecule has 0 aromatic heterocycles. The van der Waals surface area contributed by atoms with Gasteiger partial charge >= 0.3 is 6.18 Å². The molecule has 0 aliphatic heterocycles. The van der Waals surface area contributed by atoms with Gasteiger partial charge in [0.1, 0.15) is 0 Å². The predicted molar refractivity (Wildman–Crippen MR) is 97.2 cm³/mol. The molecule has 0 atom stereocenters. The van der Waals surface area contributed by atoms with Gasteiger partial charge in [-0.1, -0.05) is 41.4 Å². The number of aliphatic imine (C=N–C) groups is 1. The number of benzene rings is 2. The van der Waals surface area contributed by atoms with Crippen LogP contribution in [0.3, 0.4) is 0 Å². The van der Waals surface area contributed by atoms with Crippen LogP contribution in [0.1, 0.15) is 23.6 Å². The number of alkyl halides is 3. The quantitative estimate of drug-likeness (QED) is 0.438. The van der Waals surface area contributed by atoms with Crippen LogP contribution in [0.15, 0.2) is 41.4 Å². The van der Waals surface area contributed by atoms with Crippen molar-refractivity contribution >= 4 is 35.2 Å². The fraction of sp³-hybridized carbons (Fsp3) is 0.278. The van der Waals surface area contributed by atoms with Gasteiger partial charge in [-0.05, 0) is 42.7 Å². The summed E-state index contributed by atoms with van der Waals surface area (Å²) in [4.78, 5) is 6.14. The zero-order chi connectivity index (χ0) is 18.6. The molecule has 0 heterocycles. The van der Waals surface area contributed by atoms with E-state index in [1.165, 1.54) is 6.07 Å². The van der Waals surface area contributed by atoms with Gasteiger partial charge in [-0.25, -0.2) is 4.99 Å². The van der Waals surface area contributed by atoms with E-state index in [1.54, 1.807) is 24.5 Å². The number of rotatable bonds is 5. The molecule has 0 aliphatic carbocycles. The van der Waals surface area contributed by atoms with E-state index in [-0.39, 0.29) is 6.42 Å². The lowest BCUT2D eigenvalue weighted by Crippen LogP contribution is -2.14. The topological polar surface area (TPSA) is 15.6 Å². The fourth-order valence-electron chi connectivity index (χ4n) is 2.13. The van der Waals surface area contributed by atoms with Gasteiger partial charge in [0.25, 0.3) is 0 Å². The molecule has 0 saturated heterocycles. The summed E-state index contributed by atoms with van der Waals surface area (Å²) in [7, 11) is 1.88. The minimum atomic E-state index is -4.37. The predicted octanol–water partition coefficient (Wildman–Crippen LogP) is 6.21. The molecule has 7 heteroatoms. The second-order valence-corrected chi connectivity index (χ2v) is 6.40. The largest absolute Gasteiger partial charge is 0.416 e. The molecule has 134 valence electrons. The van der Waals surface area contributed by atoms with Crippen LogP contribution in [-0.4, -0.2) is 24.8 Å². The zero-order valence-electron chi connectivity index (χ0n) is 13.7. The van der Waals surface area contributed by atoms with E-state index in [4.69, 9.17) is 23.2 Å². The summed E-state index contributed by atoms with van der Waals surface area (Å²) < 4.78 is 38.4. The second kappa shape index (κ2) is 8.11. The van der Waals surface area contributed by atoms with Gasteiger partial charge in [-0.2, -0.15) is 13.2 Å². The molecule has 0 aliphatic rings. The fourth-order valence-corrected chi connectivity index (χ4v) is 2.59. The summed E-state index contributed by atoms with van der Waals surface area (Å²) in [6, 6.07) is 8.43. The molecule has 2 aromatic rings. The van der Waals surface area contributed by atoms with E-state index in [1.807, 2.05) is 18.9 Å². The summed E-state index contributed by atoms with van der Waals surface area (Å²) in [6.45, 7) is 2.78. The maximum Gasteiger partial charge on any atom is 0.416 e. The lowest BCUT2D eigenvalue weighted by molar-refractivity contribution is -0.137. The Balaban J connectivity index is 2.27. The molecule has 0 spiro atoms. The van der Waals surface area contributed by atoms with E-state index in [2.05, 4.69) is 4.99 Å². The lowest BCUT2D eigenvalue weighted by atomic mass is 10.0. The summed E-state index contributed by atoms with van der Waals surface area (Å²) in [5, 5.41) is 0.806. The highest BCUT2D eigenvalue weighted by atomic mass is 35.5. The average Bonchev–Trinajstić information content (AvgIpc) is 2.55. The van der Waals surface area contributed by atoms with Crippen molar-refractivity contribution in [2.24, 2.45) is 4.99 Å². The first-order chi connectivity index (χ1) is 11.7. The summed E-state index contributed by atoms with van der Waals surface area (Å²) in [5.41, 5.74) is 0.986. The van der Waals surface area contributed by atoms with Crippen molar-refractivity contribution < 1.29 is 13.2 Å². The Morgan fingerprint density at radius 2 is 1.84 bits per heavy atom. The highest BCUT2D eigenvalue weighted by molar-refractivity contribution is 6.35. The molecular formula is C18H17Cl2F3N2. The van der Waals surface area contributed by atoms with Crippen LogP contribution in [0.2, 0.25) is 10.0 Å². The Morgan fingerprint density at radius 3 is 2.48 bits per heavy atom. The monoisotopic (exact) mass is 388 g/mol. The standard InChI is InChI=1S/C18H17Cl2F3N2/c1-3-25(2)11-24-17-10-15(19)13(9-16(17)20)7-12-5-4-6-14(8-12)18(21,22)23/h4-6,8-11H,3,7H2,1-2H3. The highest BCUT2D eigenvalue weighted by Gasteiger charge is 2.30. The maximum absolute atomic E-state index is 12.8. The lowest BCUT2D eigenvalue weighted by Gasteiger charge is -2.11. The van der Waals surface area contributed by atoms with E-state index in [9.17, 15) is 13.2 Å². The van der Waals surface area contributed by atoms with Crippen LogP contribution in [0.5, 0.6) is 0 Å². The Morgan fingerprint density at radius 1 is 1.12 bits per heavy atom. The van der Waals surface area contributed by atoms with Gasteiger partial charge in [0, 0.05) is 18.6 Å². The Labute approximate surface area is 154 Å². The molecule has 0 radical (unpaired) electrons. The van der Waals surface area contributed by atoms with E-state index in [0.717, 1.165) is 18.7 Å². The first-order valence-electron chi connectivity index (χ1n) is 7.59. The van der Waals surface area contributed by atoms with Crippen LogP contribution >= 0.6 is 23.2 Å². The van der Waals surface area contributed by atoms with Crippen LogP contribution < -0.4 is 0 Å². The van der Waals surface area contributed by atoms with Crippen molar-refractivity contribution in [1.82, 2.24) is 4.90 Å². The van der Waals surface area contributed by atoms with Crippen molar-refractivity contribution in [3.8, 4) is 0 Å². The van der Waals surface area contributed by atoms with Crippen LogP contribution in [0, 0.1) is 0 Å². The van der Waals surface area contributed by atoms with E-state index in [0.29, 0.717) is 26.9 Å². The van der Waals surface area contributed by atoms with Gasteiger partial charge in [-0.15, -0.1) is 0 Å². The normalized spacial score (nSPS) is 12.0. The Bertz CT molecular complexity index is 773. The van der Waals surface area contributed by atoms with Gasteiger partial charge in [0.2, 0.25) is 0 Å². The van der Waals surface area contributed by atoms with Crippen LogP contribution in [0.4, 0.5) is 18.9 Å². The number of halogens is 5. The molecule has 0 saturated carbocycles. The summed E-state index contributed by atoms with van der Waals surface area (Å²) in [6.07, 6.45) is -2.48. The third kappa shape index (κ3) is 5.38. The molecule has 0 bridgehead atoms. The van der Waals surface area contributed by atoms with E-state index >= 15 is 0 Å². The number of hydrogen-bond acceptors (Lipinski definition) is 1.